The lowest BCUT2D eigenvalue weighted by molar-refractivity contribution is -0.138. The number of piperidine rings is 1. The Hall–Kier alpha value is -2.12. The first-order valence-electron chi connectivity index (χ1n) is 8.99. The van der Waals surface area contributed by atoms with Crippen molar-refractivity contribution in [1.29, 1.82) is 0 Å². The van der Waals surface area contributed by atoms with Crippen LogP contribution in [-0.4, -0.2) is 55.6 Å². The fourth-order valence-electron chi connectivity index (χ4n) is 4.68. The van der Waals surface area contributed by atoms with Crippen molar-refractivity contribution in [2.75, 3.05) is 27.1 Å². The van der Waals surface area contributed by atoms with E-state index < -0.39 is 11.6 Å². The van der Waals surface area contributed by atoms with Crippen molar-refractivity contribution < 1.29 is 23.8 Å². The van der Waals surface area contributed by atoms with Gasteiger partial charge in [0.15, 0.2) is 0 Å². The zero-order valence-corrected chi connectivity index (χ0v) is 14.8. The van der Waals surface area contributed by atoms with E-state index in [-0.39, 0.29) is 37.2 Å². The van der Waals surface area contributed by atoms with E-state index in [1.54, 1.807) is 7.11 Å². The highest BCUT2D eigenvalue weighted by Crippen LogP contribution is 2.48. The summed E-state index contributed by atoms with van der Waals surface area (Å²) in [7, 11) is 1.57. The molecule has 3 aliphatic rings. The summed E-state index contributed by atoms with van der Waals surface area (Å²) in [5.74, 6) is 0.443. The van der Waals surface area contributed by atoms with Gasteiger partial charge in [0, 0.05) is 32.5 Å². The van der Waals surface area contributed by atoms with Gasteiger partial charge in [-0.05, 0) is 17.9 Å². The third-order valence-corrected chi connectivity index (χ3v) is 5.91. The summed E-state index contributed by atoms with van der Waals surface area (Å²) >= 11 is 0. The Labute approximate surface area is 152 Å². The molecule has 0 radical (unpaired) electrons. The van der Waals surface area contributed by atoms with Crippen molar-refractivity contribution in [1.82, 2.24) is 10.2 Å². The summed E-state index contributed by atoms with van der Waals surface area (Å²) in [5.41, 5.74) is 0.515. The van der Waals surface area contributed by atoms with Gasteiger partial charge in [-0.15, -0.1) is 0 Å². The second-order valence-electron chi connectivity index (χ2n) is 7.37. The average molecular weight is 360 g/mol. The van der Waals surface area contributed by atoms with Gasteiger partial charge in [-0.3, -0.25) is 4.79 Å². The van der Waals surface area contributed by atoms with Crippen molar-refractivity contribution in [3.05, 3.63) is 35.9 Å². The smallest absolute Gasteiger partial charge is 0.407 e. The van der Waals surface area contributed by atoms with Crippen LogP contribution in [0.1, 0.15) is 18.4 Å². The SMILES string of the molecule is COCO[C@H]1C[C@H]2CC(=O)N(Cc3ccccc3)C[C@H]2[C@]12COC(=O)N2. The minimum Gasteiger partial charge on any atom is -0.447 e. The highest BCUT2D eigenvalue weighted by atomic mass is 16.7. The number of methoxy groups -OCH3 is 1. The summed E-state index contributed by atoms with van der Waals surface area (Å²) in [6.45, 7) is 1.60. The highest BCUT2D eigenvalue weighted by molar-refractivity contribution is 5.78. The summed E-state index contributed by atoms with van der Waals surface area (Å²) in [5, 5.41) is 3.01. The van der Waals surface area contributed by atoms with Gasteiger partial charge < -0.3 is 24.4 Å². The molecule has 0 unspecified atom stereocenters. The van der Waals surface area contributed by atoms with Crippen LogP contribution in [0.2, 0.25) is 0 Å². The number of alkyl carbamates (subject to hydrolysis) is 1. The number of carbonyl (C=O) groups excluding carboxylic acids is 2. The molecular formula is C19H24N2O5. The standard InChI is InChI=1S/C19H24N2O5/c1-24-12-26-16-7-14-8-17(22)21(9-13-5-3-2-4-6-13)10-15(14)19(16)11-25-18(23)20-19/h2-6,14-16H,7-12H2,1H3,(H,20,23)/t14-,15+,16-,19+/m0/s1. The lowest BCUT2D eigenvalue weighted by Crippen LogP contribution is -2.60. The van der Waals surface area contributed by atoms with E-state index in [1.807, 2.05) is 35.2 Å². The number of fused-ring (bicyclic) bond motifs is 2. The van der Waals surface area contributed by atoms with E-state index in [4.69, 9.17) is 14.2 Å². The van der Waals surface area contributed by atoms with Gasteiger partial charge in [0.1, 0.15) is 18.9 Å². The molecule has 1 N–H and O–H groups in total. The lowest BCUT2D eigenvalue weighted by Gasteiger charge is -2.41. The molecule has 1 spiro atoms. The second-order valence-corrected chi connectivity index (χ2v) is 7.37. The zero-order chi connectivity index (χ0) is 18.1. The predicted molar refractivity (Wildman–Crippen MR) is 92.0 cm³/mol. The number of likely N-dealkylation sites (tertiary alicyclic amines) is 1. The van der Waals surface area contributed by atoms with E-state index >= 15 is 0 Å². The molecular weight excluding hydrogens is 336 g/mol. The van der Waals surface area contributed by atoms with Crippen LogP contribution in [0.4, 0.5) is 4.79 Å². The number of ether oxygens (including phenoxy) is 3. The normalized spacial score (nSPS) is 33.3. The van der Waals surface area contributed by atoms with E-state index in [9.17, 15) is 9.59 Å². The van der Waals surface area contributed by atoms with Crippen LogP contribution < -0.4 is 5.32 Å². The maximum absolute atomic E-state index is 12.7. The quantitative estimate of drug-likeness (QED) is 0.806. The lowest BCUT2D eigenvalue weighted by atomic mass is 9.79. The van der Waals surface area contributed by atoms with Crippen molar-refractivity contribution in [2.45, 2.75) is 31.0 Å². The third-order valence-electron chi connectivity index (χ3n) is 5.91. The topological polar surface area (TPSA) is 77.1 Å². The van der Waals surface area contributed by atoms with E-state index in [0.29, 0.717) is 19.5 Å². The van der Waals surface area contributed by atoms with Crippen LogP contribution in [0, 0.1) is 11.8 Å². The summed E-state index contributed by atoms with van der Waals surface area (Å²) in [4.78, 5) is 26.4. The molecule has 2 amide bonds. The number of rotatable bonds is 5. The van der Waals surface area contributed by atoms with Gasteiger partial charge in [0.05, 0.1) is 6.10 Å². The predicted octanol–water partition coefficient (Wildman–Crippen LogP) is 1.52. The summed E-state index contributed by atoms with van der Waals surface area (Å²) in [6.07, 6.45) is 0.571. The molecule has 1 saturated carbocycles. The molecule has 4 rings (SSSR count). The van der Waals surface area contributed by atoms with Gasteiger partial charge in [0.25, 0.3) is 0 Å². The third kappa shape index (κ3) is 2.95. The first kappa shape index (κ1) is 17.3. The molecule has 7 heteroatoms. The highest BCUT2D eigenvalue weighted by Gasteiger charge is 2.62. The fourth-order valence-corrected chi connectivity index (χ4v) is 4.68. The maximum Gasteiger partial charge on any atom is 0.407 e. The number of amides is 2. The van der Waals surface area contributed by atoms with Crippen molar-refractivity contribution in [3.63, 3.8) is 0 Å². The monoisotopic (exact) mass is 360 g/mol. The van der Waals surface area contributed by atoms with Gasteiger partial charge in [-0.1, -0.05) is 30.3 Å². The average Bonchev–Trinajstić information content (AvgIpc) is 3.16. The molecule has 0 bridgehead atoms. The van der Waals surface area contributed by atoms with E-state index in [1.165, 1.54) is 0 Å². The number of carbonyl (C=O) groups is 2. The molecule has 2 aliphatic heterocycles. The molecule has 1 aromatic carbocycles. The van der Waals surface area contributed by atoms with Crippen molar-refractivity contribution >= 4 is 12.0 Å². The molecule has 1 aromatic rings. The summed E-state index contributed by atoms with van der Waals surface area (Å²) in [6, 6.07) is 9.96. The molecule has 7 nitrogen and oxygen atoms in total. The van der Waals surface area contributed by atoms with Crippen molar-refractivity contribution in [2.24, 2.45) is 11.8 Å². The number of nitrogens with one attached hydrogen (secondary N) is 1. The Balaban J connectivity index is 1.56. The van der Waals surface area contributed by atoms with Crippen LogP contribution in [-0.2, 0) is 25.5 Å². The fraction of sp³-hybridized carbons (Fsp3) is 0.579. The largest absolute Gasteiger partial charge is 0.447 e. The van der Waals surface area contributed by atoms with Crippen LogP contribution >= 0.6 is 0 Å². The maximum atomic E-state index is 12.7. The Morgan fingerprint density at radius 2 is 2.12 bits per heavy atom. The van der Waals surface area contributed by atoms with Crippen LogP contribution in [0.3, 0.4) is 0 Å². The molecule has 1 aliphatic carbocycles. The van der Waals surface area contributed by atoms with E-state index in [0.717, 1.165) is 12.0 Å². The first-order chi connectivity index (χ1) is 12.6. The van der Waals surface area contributed by atoms with Gasteiger partial charge in [-0.2, -0.15) is 0 Å². The Bertz CT molecular complexity index is 682. The van der Waals surface area contributed by atoms with Gasteiger partial charge in [0.2, 0.25) is 5.91 Å². The number of benzene rings is 1. The second kappa shape index (κ2) is 6.89. The Morgan fingerprint density at radius 3 is 2.81 bits per heavy atom. The minimum atomic E-state index is -0.587. The Kier molecular flexibility index (Phi) is 4.58. The number of hydrogen-bond donors (Lipinski definition) is 1. The molecule has 4 atom stereocenters. The van der Waals surface area contributed by atoms with Crippen molar-refractivity contribution in [3.8, 4) is 0 Å². The number of hydrogen-bond acceptors (Lipinski definition) is 5. The number of nitrogens with zero attached hydrogens (tertiary/aromatic N) is 1. The zero-order valence-electron chi connectivity index (χ0n) is 14.8. The molecule has 140 valence electrons. The molecule has 2 heterocycles. The molecule has 2 saturated heterocycles. The molecule has 0 aromatic heterocycles. The van der Waals surface area contributed by atoms with E-state index in [2.05, 4.69) is 5.32 Å². The van der Waals surface area contributed by atoms with Crippen LogP contribution in [0.15, 0.2) is 30.3 Å². The number of cyclic esters (lactones) is 1. The Morgan fingerprint density at radius 1 is 1.31 bits per heavy atom. The van der Waals surface area contributed by atoms with Crippen LogP contribution in [0.5, 0.6) is 0 Å². The minimum absolute atomic E-state index is 0.109. The summed E-state index contributed by atoms with van der Waals surface area (Å²) < 4.78 is 16.2. The first-order valence-corrected chi connectivity index (χ1v) is 8.99. The van der Waals surface area contributed by atoms with Gasteiger partial charge >= 0.3 is 6.09 Å². The molecule has 3 fully saturated rings. The van der Waals surface area contributed by atoms with Gasteiger partial charge in [-0.25, -0.2) is 4.79 Å². The molecule has 26 heavy (non-hydrogen) atoms. The van der Waals surface area contributed by atoms with Crippen LogP contribution in [0.25, 0.3) is 0 Å².